The zero-order chi connectivity index (χ0) is 12.5. The van der Waals surface area contributed by atoms with E-state index in [1.807, 2.05) is 6.33 Å². The van der Waals surface area contributed by atoms with Crippen LogP contribution < -0.4 is 5.73 Å². The molecule has 3 rings (SSSR count). The van der Waals surface area contributed by atoms with E-state index < -0.39 is 0 Å². The summed E-state index contributed by atoms with van der Waals surface area (Å²) in [6.07, 6.45) is 5.60. The van der Waals surface area contributed by atoms with E-state index in [-0.39, 0.29) is 0 Å². The third kappa shape index (κ3) is 2.42. The summed E-state index contributed by atoms with van der Waals surface area (Å²) < 4.78 is 2.15. The first-order valence-corrected chi connectivity index (χ1v) is 7.07. The SMILES string of the molecule is CC1CCC(N)C(CN2CCn3cnnc3C2)C1. The second-order valence-electron chi connectivity index (χ2n) is 6.02. The zero-order valence-corrected chi connectivity index (χ0v) is 11.1. The van der Waals surface area contributed by atoms with Crippen LogP contribution in [-0.4, -0.2) is 38.8 Å². The minimum absolute atomic E-state index is 0.390. The van der Waals surface area contributed by atoms with Crippen LogP contribution in [0.3, 0.4) is 0 Å². The molecule has 100 valence electrons. The maximum atomic E-state index is 6.27. The van der Waals surface area contributed by atoms with Crippen LogP contribution in [0.1, 0.15) is 32.0 Å². The summed E-state index contributed by atoms with van der Waals surface area (Å²) in [5.41, 5.74) is 6.27. The highest BCUT2D eigenvalue weighted by Gasteiger charge is 2.29. The third-order valence-electron chi connectivity index (χ3n) is 4.51. The summed E-state index contributed by atoms with van der Waals surface area (Å²) in [4.78, 5) is 2.49. The fourth-order valence-corrected chi connectivity index (χ4v) is 3.34. The molecule has 2 aliphatic rings. The highest BCUT2D eigenvalue weighted by atomic mass is 15.3. The maximum Gasteiger partial charge on any atom is 0.147 e. The average Bonchev–Trinajstić information content (AvgIpc) is 2.81. The second-order valence-corrected chi connectivity index (χ2v) is 6.02. The number of nitrogens with zero attached hydrogens (tertiary/aromatic N) is 4. The highest BCUT2D eigenvalue weighted by Crippen LogP contribution is 2.29. The van der Waals surface area contributed by atoms with Gasteiger partial charge in [0.1, 0.15) is 12.2 Å². The van der Waals surface area contributed by atoms with Crippen molar-refractivity contribution in [3.05, 3.63) is 12.2 Å². The molecule has 5 nitrogen and oxygen atoms in total. The molecule has 2 N–H and O–H groups in total. The van der Waals surface area contributed by atoms with Gasteiger partial charge in [-0.1, -0.05) is 6.92 Å². The van der Waals surface area contributed by atoms with Gasteiger partial charge in [-0.3, -0.25) is 4.90 Å². The lowest BCUT2D eigenvalue weighted by molar-refractivity contribution is 0.137. The van der Waals surface area contributed by atoms with Crippen molar-refractivity contribution in [2.45, 2.75) is 45.3 Å². The third-order valence-corrected chi connectivity index (χ3v) is 4.51. The fourth-order valence-electron chi connectivity index (χ4n) is 3.34. The standard InChI is InChI=1S/C13H23N5/c1-10-2-3-12(14)11(6-10)7-17-4-5-18-9-15-16-13(18)8-17/h9-12H,2-8,14H2,1H3. The van der Waals surface area contributed by atoms with E-state index in [1.54, 1.807) is 0 Å². The normalized spacial score (nSPS) is 33.3. The maximum absolute atomic E-state index is 6.27. The molecule has 2 heterocycles. The van der Waals surface area contributed by atoms with Crippen LogP contribution in [0.2, 0.25) is 0 Å². The molecule has 0 aromatic carbocycles. The Bertz CT molecular complexity index is 402. The van der Waals surface area contributed by atoms with E-state index in [4.69, 9.17) is 5.73 Å². The molecular weight excluding hydrogens is 226 g/mol. The van der Waals surface area contributed by atoms with Crippen molar-refractivity contribution >= 4 is 0 Å². The molecule has 3 atom stereocenters. The molecule has 0 radical (unpaired) electrons. The largest absolute Gasteiger partial charge is 0.327 e. The van der Waals surface area contributed by atoms with E-state index in [1.165, 1.54) is 19.3 Å². The summed E-state index contributed by atoms with van der Waals surface area (Å²) in [6, 6.07) is 0.390. The second kappa shape index (κ2) is 4.97. The van der Waals surface area contributed by atoms with Crippen molar-refractivity contribution < 1.29 is 0 Å². The molecule has 0 bridgehead atoms. The molecule has 18 heavy (non-hydrogen) atoms. The van der Waals surface area contributed by atoms with Gasteiger partial charge in [-0.25, -0.2) is 0 Å². The number of hydrogen-bond donors (Lipinski definition) is 1. The molecule has 1 aliphatic carbocycles. The number of nitrogens with two attached hydrogens (primary N) is 1. The number of rotatable bonds is 2. The minimum Gasteiger partial charge on any atom is -0.327 e. The van der Waals surface area contributed by atoms with Crippen LogP contribution in [0.25, 0.3) is 0 Å². The average molecular weight is 249 g/mol. The minimum atomic E-state index is 0.390. The summed E-state index contributed by atoms with van der Waals surface area (Å²) in [5, 5.41) is 8.15. The van der Waals surface area contributed by atoms with Crippen molar-refractivity contribution in [2.75, 3.05) is 13.1 Å². The topological polar surface area (TPSA) is 60.0 Å². The molecular formula is C13H23N5. The number of aromatic nitrogens is 3. The molecule has 1 fully saturated rings. The fraction of sp³-hybridized carbons (Fsp3) is 0.846. The molecule has 0 spiro atoms. The van der Waals surface area contributed by atoms with Gasteiger partial charge in [-0.05, 0) is 31.1 Å². The lowest BCUT2D eigenvalue weighted by Gasteiger charge is -2.37. The number of fused-ring (bicyclic) bond motifs is 1. The lowest BCUT2D eigenvalue weighted by Crippen LogP contribution is -2.44. The van der Waals surface area contributed by atoms with E-state index in [2.05, 4.69) is 26.6 Å². The number of hydrogen-bond acceptors (Lipinski definition) is 4. The van der Waals surface area contributed by atoms with Crippen LogP contribution in [-0.2, 0) is 13.1 Å². The molecule has 3 unspecified atom stereocenters. The predicted octanol–water partition coefficient (Wildman–Crippen LogP) is 0.857. The van der Waals surface area contributed by atoms with Crippen LogP contribution in [0.4, 0.5) is 0 Å². The van der Waals surface area contributed by atoms with Crippen molar-refractivity contribution in [1.82, 2.24) is 19.7 Å². The Morgan fingerprint density at radius 2 is 2.28 bits per heavy atom. The highest BCUT2D eigenvalue weighted by molar-refractivity contribution is 4.91. The van der Waals surface area contributed by atoms with Crippen molar-refractivity contribution in [3.63, 3.8) is 0 Å². The van der Waals surface area contributed by atoms with E-state index in [0.717, 1.165) is 37.9 Å². The van der Waals surface area contributed by atoms with E-state index in [0.29, 0.717) is 12.0 Å². The van der Waals surface area contributed by atoms with Gasteiger partial charge in [0.25, 0.3) is 0 Å². The molecule has 1 saturated carbocycles. The Morgan fingerprint density at radius 3 is 3.17 bits per heavy atom. The zero-order valence-electron chi connectivity index (χ0n) is 11.1. The van der Waals surface area contributed by atoms with Gasteiger partial charge in [0, 0.05) is 25.7 Å². The first kappa shape index (κ1) is 12.1. The molecule has 5 heteroatoms. The van der Waals surface area contributed by atoms with Gasteiger partial charge >= 0.3 is 0 Å². The lowest BCUT2D eigenvalue weighted by atomic mass is 9.79. The first-order valence-electron chi connectivity index (χ1n) is 7.07. The quantitative estimate of drug-likeness (QED) is 0.844. The molecule has 1 aromatic heterocycles. The van der Waals surface area contributed by atoms with Crippen LogP contribution in [0.15, 0.2) is 6.33 Å². The molecule has 0 amide bonds. The Morgan fingerprint density at radius 1 is 1.39 bits per heavy atom. The summed E-state index contributed by atoms with van der Waals surface area (Å²) >= 11 is 0. The van der Waals surface area contributed by atoms with Crippen LogP contribution >= 0.6 is 0 Å². The van der Waals surface area contributed by atoms with Gasteiger partial charge in [-0.15, -0.1) is 10.2 Å². The van der Waals surface area contributed by atoms with Gasteiger partial charge in [-0.2, -0.15) is 0 Å². The Balaban J connectivity index is 1.60. The summed E-state index contributed by atoms with van der Waals surface area (Å²) in [7, 11) is 0. The summed E-state index contributed by atoms with van der Waals surface area (Å²) in [6.45, 7) is 6.52. The monoisotopic (exact) mass is 249 g/mol. The first-order chi connectivity index (χ1) is 8.72. The summed E-state index contributed by atoms with van der Waals surface area (Å²) in [5.74, 6) is 2.59. The van der Waals surface area contributed by atoms with Crippen molar-refractivity contribution in [1.29, 1.82) is 0 Å². The van der Waals surface area contributed by atoms with Gasteiger partial charge < -0.3 is 10.3 Å². The van der Waals surface area contributed by atoms with Crippen LogP contribution in [0, 0.1) is 11.8 Å². The Labute approximate surface area is 108 Å². The van der Waals surface area contributed by atoms with E-state index in [9.17, 15) is 0 Å². The van der Waals surface area contributed by atoms with Crippen molar-refractivity contribution in [2.24, 2.45) is 17.6 Å². The van der Waals surface area contributed by atoms with E-state index >= 15 is 0 Å². The van der Waals surface area contributed by atoms with Gasteiger partial charge in [0.2, 0.25) is 0 Å². The molecule has 1 aliphatic heterocycles. The molecule has 1 aromatic rings. The van der Waals surface area contributed by atoms with Crippen molar-refractivity contribution in [3.8, 4) is 0 Å². The molecule has 0 saturated heterocycles. The van der Waals surface area contributed by atoms with Gasteiger partial charge in [0.15, 0.2) is 0 Å². The Hall–Kier alpha value is -0.940. The predicted molar refractivity (Wildman–Crippen MR) is 69.8 cm³/mol. The van der Waals surface area contributed by atoms with Gasteiger partial charge in [0.05, 0.1) is 6.54 Å². The Kier molecular flexibility index (Phi) is 3.35. The van der Waals surface area contributed by atoms with Crippen LogP contribution in [0.5, 0.6) is 0 Å². The smallest absolute Gasteiger partial charge is 0.147 e.